The minimum absolute atomic E-state index is 0.0514. The average Bonchev–Trinajstić information content (AvgIpc) is 2.77. The summed E-state index contributed by atoms with van der Waals surface area (Å²) in [4.78, 5) is 0. The molecule has 0 saturated heterocycles. The van der Waals surface area contributed by atoms with E-state index in [4.69, 9.17) is 10.2 Å². The van der Waals surface area contributed by atoms with Gasteiger partial charge in [0.15, 0.2) is 0 Å². The van der Waals surface area contributed by atoms with Gasteiger partial charge in [-0.05, 0) is 30.4 Å². The third-order valence-corrected chi connectivity index (χ3v) is 4.33. The zero-order chi connectivity index (χ0) is 12.5. The van der Waals surface area contributed by atoms with Gasteiger partial charge in [-0.25, -0.2) is 0 Å². The van der Waals surface area contributed by atoms with Gasteiger partial charge in [0.1, 0.15) is 5.76 Å². The second-order valence-corrected chi connectivity index (χ2v) is 6.07. The molecule has 3 nitrogen and oxygen atoms in total. The maximum Gasteiger partial charge on any atom is 0.104 e. The largest absolute Gasteiger partial charge is 0.469 e. The molecular formula is C14H23NO2. The Labute approximate surface area is 103 Å². The van der Waals surface area contributed by atoms with E-state index in [0.717, 1.165) is 31.4 Å². The van der Waals surface area contributed by atoms with Crippen molar-refractivity contribution >= 4 is 0 Å². The number of nitrogens with two attached hydrogens (primary N) is 1. The van der Waals surface area contributed by atoms with E-state index in [1.54, 1.807) is 6.26 Å². The lowest BCUT2D eigenvalue weighted by Crippen LogP contribution is -2.53. The Kier molecular flexibility index (Phi) is 3.32. The maximum absolute atomic E-state index is 10.6. The second-order valence-electron chi connectivity index (χ2n) is 6.07. The quantitative estimate of drug-likeness (QED) is 0.848. The van der Waals surface area contributed by atoms with Crippen LogP contribution in [0.2, 0.25) is 0 Å². The first-order valence-corrected chi connectivity index (χ1v) is 6.41. The number of aliphatic hydroxyl groups is 1. The van der Waals surface area contributed by atoms with Crippen molar-refractivity contribution in [3.05, 3.63) is 24.2 Å². The summed E-state index contributed by atoms with van der Waals surface area (Å²) in [5, 5.41) is 10.6. The first-order chi connectivity index (χ1) is 8.00. The van der Waals surface area contributed by atoms with Gasteiger partial charge in [0.2, 0.25) is 0 Å². The summed E-state index contributed by atoms with van der Waals surface area (Å²) >= 11 is 0. The van der Waals surface area contributed by atoms with Crippen LogP contribution >= 0.6 is 0 Å². The van der Waals surface area contributed by atoms with E-state index in [1.165, 1.54) is 0 Å². The molecular weight excluding hydrogens is 214 g/mol. The Bertz CT molecular complexity index is 358. The SMILES string of the molecule is CC1(C)CCCC(CN)(Cc2ccco2)C1O. The predicted molar refractivity (Wildman–Crippen MR) is 67.5 cm³/mol. The molecule has 1 aromatic rings. The van der Waals surface area contributed by atoms with Crippen molar-refractivity contribution < 1.29 is 9.52 Å². The highest BCUT2D eigenvalue weighted by atomic mass is 16.3. The average molecular weight is 237 g/mol. The van der Waals surface area contributed by atoms with Gasteiger partial charge in [0.25, 0.3) is 0 Å². The molecule has 2 rings (SSSR count). The van der Waals surface area contributed by atoms with Crippen LogP contribution in [0, 0.1) is 10.8 Å². The lowest BCUT2D eigenvalue weighted by Gasteiger charge is -2.49. The van der Waals surface area contributed by atoms with Crippen LogP contribution in [-0.4, -0.2) is 17.8 Å². The van der Waals surface area contributed by atoms with Gasteiger partial charge < -0.3 is 15.3 Å². The fourth-order valence-corrected chi connectivity index (χ4v) is 3.23. The smallest absolute Gasteiger partial charge is 0.104 e. The van der Waals surface area contributed by atoms with Gasteiger partial charge in [-0.2, -0.15) is 0 Å². The zero-order valence-electron chi connectivity index (χ0n) is 10.8. The molecule has 0 radical (unpaired) electrons. The van der Waals surface area contributed by atoms with Gasteiger partial charge in [-0.3, -0.25) is 0 Å². The van der Waals surface area contributed by atoms with Crippen LogP contribution in [0.15, 0.2) is 22.8 Å². The van der Waals surface area contributed by atoms with Crippen LogP contribution in [0.25, 0.3) is 0 Å². The van der Waals surface area contributed by atoms with Crippen molar-refractivity contribution in [2.75, 3.05) is 6.54 Å². The topological polar surface area (TPSA) is 59.4 Å². The maximum atomic E-state index is 10.6. The molecule has 3 heteroatoms. The molecule has 0 aliphatic heterocycles. The van der Waals surface area contributed by atoms with Crippen molar-refractivity contribution in [1.82, 2.24) is 0 Å². The first kappa shape index (κ1) is 12.7. The van der Waals surface area contributed by atoms with Crippen molar-refractivity contribution in [3.63, 3.8) is 0 Å². The fraction of sp³-hybridized carbons (Fsp3) is 0.714. The molecule has 0 aromatic carbocycles. The van der Waals surface area contributed by atoms with Gasteiger partial charge in [0, 0.05) is 18.4 Å². The monoisotopic (exact) mass is 237 g/mol. The molecule has 17 heavy (non-hydrogen) atoms. The molecule has 96 valence electrons. The van der Waals surface area contributed by atoms with Crippen LogP contribution in [0.3, 0.4) is 0 Å². The highest BCUT2D eigenvalue weighted by Gasteiger charge is 2.48. The predicted octanol–water partition coefficient (Wildman–Crippen LogP) is 2.34. The molecule has 1 aliphatic rings. The molecule has 1 aliphatic carbocycles. The summed E-state index contributed by atoms with van der Waals surface area (Å²) in [6, 6.07) is 3.85. The summed E-state index contributed by atoms with van der Waals surface area (Å²) in [5.74, 6) is 0.923. The molecule has 3 N–H and O–H groups in total. The Hall–Kier alpha value is -0.800. The van der Waals surface area contributed by atoms with Crippen LogP contribution in [0.5, 0.6) is 0 Å². The standard InChI is InChI=1S/C14H23NO2/c1-13(2)6-4-7-14(10-15,12(13)16)9-11-5-3-8-17-11/h3,5,8,12,16H,4,6-7,9-10,15H2,1-2H3. The van der Waals surface area contributed by atoms with E-state index in [0.29, 0.717) is 6.54 Å². The van der Waals surface area contributed by atoms with Crippen LogP contribution in [-0.2, 0) is 6.42 Å². The molecule has 0 bridgehead atoms. The fourth-order valence-electron chi connectivity index (χ4n) is 3.23. The zero-order valence-corrected chi connectivity index (χ0v) is 10.8. The van der Waals surface area contributed by atoms with E-state index in [1.807, 2.05) is 12.1 Å². The highest BCUT2D eigenvalue weighted by Crippen LogP contribution is 2.47. The number of furan rings is 1. The van der Waals surface area contributed by atoms with Gasteiger partial charge in [-0.1, -0.05) is 20.3 Å². The molecule has 2 atom stereocenters. The summed E-state index contributed by atoms with van der Waals surface area (Å²) in [7, 11) is 0. The molecule has 1 aromatic heterocycles. The Morgan fingerprint density at radius 2 is 2.24 bits per heavy atom. The summed E-state index contributed by atoms with van der Waals surface area (Å²) in [5.41, 5.74) is 5.69. The number of rotatable bonds is 3. The van der Waals surface area contributed by atoms with Gasteiger partial charge in [-0.15, -0.1) is 0 Å². The highest BCUT2D eigenvalue weighted by molar-refractivity contribution is 5.08. The third kappa shape index (κ3) is 2.26. The van der Waals surface area contributed by atoms with E-state index >= 15 is 0 Å². The number of aliphatic hydroxyl groups excluding tert-OH is 1. The minimum atomic E-state index is -0.362. The number of hydrogen-bond donors (Lipinski definition) is 2. The van der Waals surface area contributed by atoms with Crippen LogP contribution in [0.4, 0.5) is 0 Å². The van der Waals surface area contributed by atoms with Crippen molar-refractivity contribution in [1.29, 1.82) is 0 Å². The Morgan fingerprint density at radius 3 is 2.82 bits per heavy atom. The normalized spacial score (nSPS) is 32.6. The molecule has 0 amide bonds. The molecule has 2 unspecified atom stereocenters. The van der Waals surface area contributed by atoms with E-state index < -0.39 is 0 Å². The van der Waals surface area contributed by atoms with E-state index in [9.17, 15) is 5.11 Å². The van der Waals surface area contributed by atoms with Gasteiger partial charge in [0.05, 0.1) is 12.4 Å². The van der Waals surface area contributed by atoms with Crippen LogP contribution in [0.1, 0.15) is 38.9 Å². The lowest BCUT2D eigenvalue weighted by molar-refractivity contribution is -0.0902. The minimum Gasteiger partial charge on any atom is -0.469 e. The molecule has 1 fully saturated rings. The van der Waals surface area contributed by atoms with Gasteiger partial charge >= 0.3 is 0 Å². The van der Waals surface area contributed by atoms with Crippen molar-refractivity contribution in [3.8, 4) is 0 Å². The van der Waals surface area contributed by atoms with Crippen molar-refractivity contribution in [2.45, 2.75) is 45.6 Å². The first-order valence-electron chi connectivity index (χ1n) is 6.41. The van der Waals surface area contributed by atoms with E-state index in [-0.39, 0.29) is 16.9 Å². The molecule has 0 spiro atoms. The number of hydrogen-bond acceptors (Lipinski definition) is 3. The summed E-state index contributed by atoms with van der Waals surface area (Å²) in [6.07, 6.45) is 5.23. The lowest BCUT2D eigenvalue weighted by atomic mass is 9.59. The second kappa shape index (κ2) is 4.46. The third-order valence-electron chi connectivity index (χ3n) is 4.33. The molecule has 1 saturated carbocycles. The van der Waals surface area contributed by atoms with E-state index in [2.05, 4.69) is 13.8 Å². The van der Waals surface area contributed by atoms with Crippen molar-refractivity contribution in [2.24, 2.45) is 16.6 Å². The Morgan fingerprint density at radius 1 is 1.47 bits per heavy atom. The molecule has 1 heterocycles. The summed E-state index contributed by atoms with van der Waals surface area (Å²) in [6.45, 7) is 4.77. The Balaban J connectivity index is 2.23. The summed E-state index contributed by atoms with van der Waals surface area (Å²) < 4.78 is 5.41. The van der Waals surface area contributed by atoms with Crippen LogP contribution < -0.4 is 5.73 Å².